The molecule has 0 aromatic heterocycles. The van der Waals surface area contributed by atoms with E-state index in [4.69, 9.17) is 10.2 Å². The van der Waals surface area contributed by atoms with Crippen LogP contribution < -0.4 is 0 Å². The van der Waals surface area contributed by atoms with Crippen LogP contribution in [-0.2, 0) is 4.79 Å². The van der Waals surface area contributed by atoms with Crippen molar-refractivity contribution in [2.75, 3.05) is 13.7 Å². The molecule has 0 saturated carbocycles. The fourth-order valence-electron chi connectivity index (χ4n) is 0.683. The summed E-state index contributed by atoms with van der Waals surface area (Å²) in [7, 11) is 1.00. The van der Waals surface area contributed by atoms with Crippen LogP contribution >= 0.6 is 0 Å². The Bertz CT molecular complexity index is 74.2. The molecule has 0 aromatic rings. The Kier molecular flexibility index (Phi) is 31.9. The van der Waals surface area contributed by atoms with Gasteiger partial charge in [0.05, 0.1) is 0 Å². The van der Waals surface area contributed by atoms with Crippen LogP contribution in [0.1, 0.15) is 46.5 Å². The average molecular weight is 192 g/mol. The number of Topliss-reactive ketones (excluding diaryl/α,β-unsaturated/α-hetero) is 1. The number of hydrogen-bond donors (Lipinski definition) is 2. The van der Waals surface area contributed by atoms with E-state index in [2.05, 4.69) is 0 Å². The van der Waals surface area contributed by atoms with Crippen LogP contribution in [0.15, 0.2) is 0 Å². The molecule has 0 amide bonds. The van der Waals surface area contributed by atoms with Gasteiger partial charge < -0.3 is 10.2 Å². The van der Waals surface area contributed by atoms with Gasteiger partial charge in [0.15, 0.2) is 0 Å². The zero-order valence-corrected chi connectivity index (χ0v) is 9.34. The molecule has 3 nitrogen and oxygen atoms in total. The summed E-state index contributed by atoms with van der Waals surface area (Å²) in [6.07, 6.45) is 3.54. The first-order valence-corrected chi connectivity index (χ1v) is 4.80. The number of rotatable bonds is 4. The van der Waals surface area contributed by atoms with E-state index in [1.807, 2.05) is 13.8 Å². The quantitative estimate of drug-likeness (QED) is 0.713. The molecule has 0 unspecified atom stereocenters. The maximum absolute atomic E-state index is 10.6. The summed E-state index contributed by atoms with van der Waals surface area (Å²) in [5, 5.41) is 14.6. The summed E-state index contributed by atoms with van der Waals surface area (Å²) in [4.78, 5) is 10.6. The first-order valence-electron chi connectivity index (χ1n) is 4.80. The maximum Gasteiger partial charge on any atom is 0.132 e. The van der Waals surface area contributed by atoms with E-state index >= 15 is 0 Å². The maximum atomic E-state index is 10.6. The molecule has 2 N–H and O–H groups in total. The van der Waals surface area contributed by atoms with Gasteiger partial charge in [-0.25, -0.2) is 0 Å². The second-order valence-corrected chi connectivity index (χ2v) is 2.35. The Hall–Kier alpha value is -0.410. The average Bonchev–Trinajstić information content (AvgIpc) is 2.10. The molecule has 0 spiro atoms. The number of carbonyl (C=O) groups is 1. The van der Waals surface area contributed by atoms with Gasteiger partial charge in [0.2, 0.25) is 0 Å². The van der Waals surface area contributed by atoms with Gasteiger partial charge in [-0.1, -0.05) is 13.8 Å². The van der Waals surface area contributed by atoms with Gasteiger partial charge in [-0.2, -0.15) is 0 Å². The highest BCUT2D eigenvalue weighted by Crippen LogP contribution is 1.95. The zero-order chi connectivity index (χ0) is 11.1. The van der Waals surface area contributed by atoms with E-state index in [1.54, 1.807) is 6.92 Å². The molecule has 0 aliphatic heterocycles. The second kappa shape index (κ2) is 22.6. The molecule has 0 atom stereocenters. The smallest absolute Gasteiger partial charge is 0.132 e. The summed E-state index contributed by atoms with van der Waals surface area (Å²) in [6.45, 7) is 6.00. The Labute approximate surface area is 81.8 Å². The molecule has 0 rings (SSSR count). The van der Waals surface area contributed by atoms with Gasteiger partial charge in [0.25, 0.3) is 0 Å². The van der Waals surface area contributed by atoms with Crippen LogP contribution in [0.2, 0.25) is 0 Å². The number of aliphatic hydroxyl groups excluding tert-OH is 2. The van der Waals surface area contributed by atoms with E-state index in [-0.39, 0.29) is 6.61 Å². The molecule has 0 aliphatic carbocycles. The highest BCUT2D eigenvalue weighted by molar-refractivity contribution is 5.78. The summed E-state index contributed by atoms with van der Waals surface area (Å²) in [5.41, 5.74) is 0. The minimum absolute atomic E-state index is 0.250. The van der Waals surface area contributed by atoms with Crippen LogP contribution in [0.4, 0.5) is 0 Å². The molecule has 3 heteroatoms. The molecule has 0 saturated heterocycles. The summed E-state index contributed by atoms with van der Waals surface area (Å²) < 4.78 is 0. The zero-order valence-electron chi connectivity index (χ0n) is 9.34. The highest BCUT2D eigenvalue weighted by atomic mass is 16.2. The third-order valence-corrected chi connectivity index (χ3v) is 1.06. The van der Waals surface area contributed by atoms with Crippen molar-refractivity contribution < 1.29 is 15.0 Å². The summed E-state index contributed by atoms with van der Waals surface area (Å²) in [5.74, 6) is 0.412. The molecule has 0 heterocycles. The Balaban J connectivity index is -0.000000169. The number of ketones is 1. The minimum Gasteiger partial charge on any atom is -0.400 e. The minimum atomic E-state index is 0.250. The van der Waals surface area contributed by atoms with E-state index in [0.717, 1.165) is 32.8 Å². The Morgan fingerprint density at radius 3 is 1.38 bits per heavy atom. The molecule has 0 radical (unpaired) electrons. The van der Waals surface area contributed by atoms with Gasteiger partial charge in [0.1, 0.15) is 5.78 Å². The molecule has 0 aromatic carbocycles. The summed E-state index contributed by atoms with van der Waals surface area (Å²) in [6, 6.07) is 0. The van der Waals surface area contributed by atoms with Crippen molar-refractivity contribution in [1.29, 1.82) is 0 Å². The second-order valence-electron chi connectivity index (χ2n) is 2.35. The van der Waals surface area contributed by atoms with Gasteiger partial charge in [-0.05, 0) is 19.8 Å². The lowest BCUT2D eigenvalue weighted by Gasteiger charge is -1.91. The Morgan fingerprint density at radius 2 is 1.23 bits per heavy atom. The fraction of sp³-hybridized carbons (Fsp3) is 0.900. The normalized spacial score (nSPS) is 7.54. The first-order chi connectivity index (χ1) is 6.22. The van der Waals surface area contributed by atoms with E-state index in [1.165, 1.54) is 0 Å². The van der Waals surface area contributed by atoms with Crippen molar-refractivity contribution in [2.45, 2.75) is 46.5 Å². The monoisotopic (exact) mass is 192 g/mol. The van der Waals surface area contributed by atoms with Crippen molar-refractivity contribution in [3.63, 3.8) is 0 Å². The number of hydrogen-bond acceptors (Lipinski definition) is 3. The van der Waals surface area contributed by atoms with E-state index in [0.29, 0.717) is 5.78 Å². The third kappa shape index (κ3) is 34.1. The molecular formula is C10H24O3. The SMILES string of the molecule is CCCC(=O)CCC.CCO.CO. The van der Waals surface area contributed by atoms with Crippen molar-refractivity contribution >= 4 is 5.78 Å². The van der Waals surface area contributed by atoms with Crippen molar-refractivity contribution in [2.24, 2.45) is 0 Å². The predicted octanol–water partition coefficient (Wildman–Crippen LogP) is 1.76. The largest absolute Gasteiger partial charge is 0.400 e. The molecule has 0 bridgehead atoms. The van der Waals surface area contributed by atoms with Crippen molar-refractivity contribution in [1.82, 2.24) is 0 Å². The third-order valence-electron chi connectivity index (χ3n) is 1.06. The van der Waals surface area contributed by atoms with Crippen molar-refractivity contribution in [3.8, 4) is 0 Å². The predicted molar refractivity (Wildman–Crippen MR) is 55.7 cm³/mol. The van der Waals surface area contributed by atoms with Crippen LogP contribution in [0.5, 0.6) is 0 Å². The van der Waals surface area contributed by atoms with Gasteiger partial charge in [-0.15, -0.1) is 0 Å². The van der Waals surface area contributed by atoms with Gasteiger partial charge in [0, 0.05) is 26.6 Å². The summed E-state index contributed by atoms with van der Waals surface area (Å²) >= 11 is 0. The molecule has 0 fully saturated rings. The number of aliphatic hydroxyl groups is 2. The molecular weight excluding hydrogens is 168 g/mol. The van der Waals surface area contributed by atoms with Crippen LogP contribution in [0, 0.1) is 0 Å². The standard InChI is InChI=1S/C7H14O.C2H6O.CH4O/c1-3-5-7(8)6-4-2;1-2-3;1-2/h3-6H2,1-2H3;3H,2H2,1H3;2H,1H3. The lowest BCUT2D eigenvalue weighted by Crippen LogP contribution is -1.93. The van der Waals surface area contributed by atoms with E-state index < -0.39 is 0 Å². The number of carbonyl (C=O) groups excluding carboxylic acids is 1. The Morgan fingerprint density at radius 1 is 1.00 bits per heavy atom. The van der Waals surface area contributed by atoms with Gasteiger partial charge >= 0.3 is 0 Å². The van der Waals surface area contributed by atoms with Crippen LogP contribution in [0.3, 0.4) is 0 Å². The van der Waals surface area contributed by atoms with E-state index in [9.17, 15) is 4.79 Å². The molecule has 82 valence electrons. The van der Waals surface area contributed by atoms with Crippen LogP contribution in [0.25, 0.3) is 0 Å². The molecule has 13 heavy (non-hydrogen) atoms. The van der Waals surface area contributed by atoms with Crippen LogP contribution in [-0.4, -0.2) is 29.7 Å². The highest BCUT2D eigenvalue weighted by Gasteiger charge is 1.94. The van der Waals surface area contributed by atoms with Gasteiger partial charge in [-0.3, -0.25) is 4.79 Å². The fourth-order valence-corrected chi connectivity index (χ4v) is 0.683. The van der Waals surface area contributed by atoms with Crippen molar-refractivity contribution in [3.05, 3.63) is 0 Å². The first kappa shape index (κ1) is 18.4. The lowest BCUT2D eigenvalue weighted by atomic mass is 10.1. The topological polar surface area (TPSA) is 57.5 Å². The lowest BCUT2D eigenvalue weighted by molar-refractivity contribution is -0.119. The molecule has 0 aliphatic rings.